The summed E-state index contributed by atoms with van der Waals surface area (Å²) in [4.78, 5) is 25.4. The Bertz CT molecular complexity index is 666. The van der Waals surface area contributed by atoms with E-state index in [0.717, 1.165) is 18.5 Å². The van der Waals surface area contributed by atoms with Crippen LogP contribution in [0.3, 0.4) is 0 Å². The van der Waals surface area contributed by atoms with E-state index in [2.05, 4.69) is 22.5 Å². The molecule has 5 nitrogen and oxygen atoms in total. The first kappa shape index (κ1) is 21.0. The Morgan fingerprint density at radius 3 is 2.44 bits per heavy atom. The van der Waals surface area contributed by atoms with Crippen LogP contribution in [0, 0.1) is 11.8 Å². The number of amides is 2. The SMILES string of the molecule is C=C[C@@H]1CC[C@@H](CNc2ccccc2)[C@@](NC(C)=O)(C(=O)NC(C)(C)C)C1. The van der Waals surface area contributed by atoms with E-state index >= 15 is 0 Å². The maximum Gasteiger partial charge on any atom is 0.246 e. The van der Waals surface area contributed by atoms with E-state index in [4.69, 9.17) is 0 Å². The van der Waals surface area contributed by atoms with Gasteiger partial charge in [-0.05, 0) is 58.1 Å². The van der Waals surface area contributed by atoms with E-state index in [1.807, 2.05) is 57.2 Å². The van der Waals surface area contributed by atoms with Crippen molar-refractivity contribution < 1.29 is 9.59 Å². The molecule has 0 aliphatic heterocycles. The number of hydrogen-bond acceptors (Lipinski definition) is 3. The van der Waals surface area contributed by atoms with Crippen molar-refractivity contribution in [1.29, 1.82) is 0 Å². The van der Waals surface area contributed by atoms with E-state index < -0.39 is 5.54 Å². The van der Waals surface area contributed by atoms with E-state index in [1.54, 1.807) is 0 Å². The van der Waals surface area contributed by atoms with Gasteiger partial charge in [-0.1, -0.05) is 24.3 Å². The lowest BCUT2D eigenvalue weighted by molar-refractivity contribution is -0.138. The number of rotatable bonds is 6. The van der Waals surface area contributed by atoms with Gasteiger partial charge in [-0.25, -0.2) is 0 Å². The smallest absolute Gasteiger partial charge is 0.246 e. The number of hydrogen-bond donors (Lipinski definition) is 3. The fraction of sp³-hybridized carbons (Fsp3) is 0.545. The highest BCUT2D eigenvalue weighted by atomic mass is 16.2. The third-order valence-corrected chi connectivity index (χ3v) is 5.12. The first-order chi connectivity index (χ1) is 12.7. The third kappa shape index (κ3) is 5.59. The Kier molecular flexibility index (Phi) is 6.68. The van der Waals surface area contributed by atoms with Crippen molar-refractivity contribution in [3.63, 3.8) is 0 Å². The molecule has 0 aromatic heterocycles. The molecule has 0 saturated heterocycles. The molecule has 1 aromatic carbocycles. The van der Waals surface area contributed by atoms with Crippen LogP contribution in [0.4, 0.5) is 5.69 Å². The molecule has 5 heteroatoms. The van der Waals surface area contributed by atoms with Gasteiger partial charge in [-0.3, -0.25) is 9.59 Å². The highest BCUT2D eigenvalue weighted by molar-refractivity contribution is 5.92. The summed E-state index contributed by atoms with van der Waals surface area (Å²) >= 11 is 0. The van der Waals surface area contributed by atoms with Crippen molar-refractivity contribution in [2.24, 2.45) is 11.8 Å². The number of allylic oxidation sites excluding steroid dienone is 1. The molecule has 148 valence electrons. The molecular formula is C22H33N3O2. The average Bonchev–Trinajstić information content (AvgIpc) is 2.59. The zero-order chi connectivity index (χ0) is 20.1. The van der Waals surface area contributed by atoms with Gasteiger partial charge in [0.2, 0.25) is 11.8 Å². The summed E-state index contributed by atoms with van der Waals surface area (Å²) in [6, 6.07) is 9.93. The number of nitrogens with one attached hydrogen (secondary N) is 3. The fourth-order valence-corrected chi connectivity index (χ4v) is 3.87. The van der Waals surface area contributed by atoms with Gasteiger partial charge >= 0.3 is 0 Å². The topological polar surface area (TPSA) is 70.2 Å². The Labute approximate surface area is 163 Å². The molecule has 1 saturated carbocycles. The highest BCUT2D eigenvalue weighted by Crippen LogP contribution is 2.39. The monoisotopic (exact) mass is 371 g/mol. The lowest BCUT2D eigenvalue weighted by Crippen LogP contribution is -2.67. The van der Waals surface area contributed by atoms with Crippen LogP contribution in [-0.4, -0.2) is 29.4 Å². The molecule has 0 bridgehead atoms. The molecular weight excluding hydrogens is 338 g/mol. The third-order valence-electron chi connectivity index (χ3n) is 5.12. The van der Waals surface area contributed by atoms with E-state index in [0.29, 0.717) is 13.0 Å². The van der Waals surface area contributed by atoms with Crippen molar-refractivity contribution in [2.45, 2.75) is 58.0 Å². The van der Waals surface area contributed by atoms with Crippen LogP contribution >= 0.6 is 0 Å². The number of benzene rings is 1. The first-order valence-electron chi connectivity index (χ1n) is 9.69. The number of carbonyl (C=O) groups excluding carboxylic acids is 2. The van der Waals surface area contributed by atoms with Crippen molar-refractivity contribution >= 4 is 17.5 Å². The highest BCUT2D eigenvalue weighted by Gasteiger charge is 2.50. The van der Waals surface area contributed by atoms with Gasteiger partial charge in [0.15, 0.2) is 0 Å². The predicted octanol–water partition coefficient (Wildman–Crippen LogP) is 3.49. The second-order valence-electron chi connectivity index (χ2n) is 8.58. The van der Waals surface area contributed by atoms with Gasteiger partial charge in [0.25, 0.3) is 0 Å². The van der Waals surface area contributed by atoms with Gasteiger partial charge in [-0.15, -0.1) is 6.58 Å². The molecule has 2 amide bonds. The standard InChI is InChI=1S/C22H33N3O2/c1-6-17-12-13-18(15-23-19-10-8-7-9-11-19)22(14-17,24-16(2)26)20(27)25-21(3,4)5/h6-11,17-18,23H,1,12-15H2,2-5H3,(H,24,26)(H,25,27)/t17-,18+,22-/m1/s1. The Morgan fingerprint density at radius 2 is 1.89 bits per heavy atom. The minimum atomic E-state index is -0.946. The van der Waals surface area contributed by atoms with Crippen molar-refractivity contribution in [3.05, 3.63) is 43.0 Å². The normalized spacial score (nSPS) is 25.3. The molecule has 1 fully saturated rings. The minimum absolute atomic E-state index is 0.0137. The maximum absolute atomic E-state index is 13.4. The number of anilines is 1. The lowest BCUT2D eigenvalue weighted by Gasteiger charge is -2.46. The zero-order valence-electron chi connectivity index (χ0n) is 17.0. The van der Waals surface area contributed by atoms with Crippen molar-refractivity contribution in [1.82, 2.24) is 10.6 Å². The van der Waals surface area contributed by atoms with Gasteiger partial charge in [0, 0.05) is 30.6 Å². The zero-order valence-corrected chi connectivity index (χ0v) is 17.0. The summed E-state index contributed by atoms with van der Waals surface area (Å²) in [6.07, 6.45) is 4.28. The molecule has 2 rings (SSSR count). The molecule has 0 spiro atoms. The Hall–Kier alpha value is -2.30. The molecule has 1 aliphatic rings. The quantitative estimate of drug-likeness (QED) is 0.671. The van der Waals surface area contributed by atoms with Crippen LogP contribution in [0.25, 0.3) is 0 Å². The predicted molar refractivity (Wildman–Crippen MR) is 110 cm³/mol. The molecule has 27 heavy (non-hydrogen) atoms. The minimum Gasteiger partial charge on any atom is -0.385 e. The maximum atomic E-state index is 13.4. The Morgan fingerprint density at radius 1 is 1.22 bits per heavy atom. The second-order valence-corrected chi connectivity index (χ2v) is 8.58. The molecule has 3 atom stereocenters. The van der Waals surface area contributed by atoms with Crippen LogP contribution < -0.4 is 16.0 Å². The average molecular weight is 372 g/mol. The second kappa shape index (κ2) is 8.59. The van der Waals surface area contributed by atoms with Crippen LogP contribution in [0.2, 0.25) is 0 Å². The van der Waals surface area contributed by atoms with Crippen LogP contribution in [0.15, 0.2) is 43.0 Å². The summed E-state index contributed by atoms with van der Waals surface area (Å²) < 4.78 is 0. The number of para-hydroxylation sites is 1. The summed E-state index contributed by atoms with van der Waals surface area (Å²) in [5.74, 6) is -0.110. The molecule has 0 unspecified atom stereocenters. The summed E-state index contributed by atoms with van der Waals surface area (Å²) in [5, 5.41) is 9.56. The van der Waals surface area contributed by atoms with Crippen molar-refractivity contribution in [2.75, 3.05) is 11.9 Å². The summed E-state index contributed by atoms with van der Waals surface area (Å²) in [6.45, 7) is 11.9. The van der Waals surface area contributed by atoms with Crippen LogP contribution in [-0.2, 0) is 9.59 Å². The molecule has 0 radical (unpaired) electrons. The molecule has 1 aromatic rings. The number of carbonyl (C=O) groups is 2. The van der Waals surface area contributed by atoms with Gasteiger partial charge in [-0.2, -0.15) is 0 Å². The lowest BCUT2D eigenvalue weighted by atomic mass is 9.67. The largest absolute Gasteiger partial charge is 0.385 e. The van der Waals surface area contributed by atoms with Gasteiger partial charge < -0.3 is 16.0 Å². The fourth-order valence-electron chi connectivity index (χ4n) is 3.87. The molecule has 1 aliphatic carbocycles. The van der Waals surface area contributed by atoms with Crippen LogP contribution in [0.5, 0.6) is 0 Å². The van der Waals surface area contributed by atoms with E-state index in [-0.39, 0.29) is 29.2 Å². The van der Waals surface area contributed by atoms with Crippen LogP contribution in [0.1, 0.15) is 47.0 Å². The molecule has 0 heterocycles. The van der Waals surface area contributed by atoms with Crippen molar-refractivity contribution in [3.8, 4) is 0 Å². The summed E-state index contributed by atoms with van der Waals surface area (Å²) in [7, 11) is 0. The molecule has 3 N–H and O–H groups in total. The Balaban J connectivity index is 2.32. The van der Waals surface area contributed by atoms with E-state index in [1.165, 1.54) is 6.92 Å². The van der Waals surface area contributed by atoms with Gasteiger partial charge in [0.05, 0.1) is 0 Å². The van der Waals surface area contributed by atoms with E-state index in [9.17, 15) is 9.59 Å². The summed E-state index contributed by atoms with van der Waals surface area (Å²) in [5.41, 5.74) is -0.310. The first-order valence-corrected chi connectivity index (χ1v) is 9.69. The van der Waals surface area contributed by atoms with Gasteiger partial charge in [0.1, 0.15) is 5.54 Å².